The van der Waals surface area contributed by atoms with Gasteiger partial charge in [0.15, 0.2) is 0 Å². The molecule has 1 aliphatic rings. The molecule has 0 aliphatic carbocycles. The van der Waals surface area contributed by atoms with Crippen molar-refractivity contribution in [2.75, 3.05) is 26.7 Å². The molecular weight excluding hydrogens is 260 g/mol. The molecule has 0 bridgehead atoms. The van der Waals surface area contributed by atoms with Crippen molar-refractivity contribution in [2.24, 2.45) is 0 Å². The van der Waals surface area contributed by atoms with Gasteiger partial charge in [0, 0.05) is 12.6 Å². The highest BCUT2D eigenvalue weighted by molar-refractivity contribution is 5.24. The topological polar surface area (TPSA) is 35.5 Å². The van der Waals surface area contributed by atoms with E-state index in [2.05, 4.69) is 29.3 Å². The zero-order valence-electron chi connectivity index (χ0n) is 13.5. The maximum Gasteiger partial charge on any atom is 0.0678 e. The maximum atomic E-state index is 10.00. The Morgan fingerprint density at radius 2 is 2.00 bits per heavy atom. The van der Waals surface area contributed by atoms with Gasteiger partial charge >= 0.3 is 0 Å². The van der Waals surface area contributed by atoms with E-state index in [0.717, 1.165) is 13.0 Å². The molecule has 0 amide bonds. The number of hydrogen-bond donors (Lipinski definition) is 2. The summed E-state index contributed by atoms with van der Waals surface area (Å²) >= 11 is 0. The summed E-state index contributed by atoms with van der Waals surface area (Å²) in [6.07, 6.45) is 6.26. The summed E-state index contributed by atoms with van der Waals surface area (Å²) in [5.41, 5.74) is 0.852. The predicted octanol–water partition coefficient (Wildman–Crippen LogP) is 2.75. The molecule has 3 nitrogen and oxygen atoms in total. The zero-order chi connectivity index (χ0) is 15.1. The van der Waals surface area contributed by atoms with Crippen LogP contribution in [0, 0.1) is 0 Å². The molecule has 118 valence electrons. The number of rotatable bonds is 6. The zero-order valence-corrected chi connectivity index (χ0v) is 13.5. The van der Waals surface area contributed by atoms with Crippen molar-refractivity contribution in [2.45, 2.75) is 50.6 Å². The number of nitrogens with zero attached hydrogens (tertiary/aromatic N) is 1. The van der Waals surface area contributed by atoms with E-state index in [0.29, 0.717) is 6.04 Å². The standard InChI is InChI=1S/C18H30N2O/c1-16-9-5-4-8-13-20(16)14-12-18(15-21,19-2)17-10-6-3-7-11-17/h3,6-7,10-11,16,19,21H,4-5,8-9,12-15H2,1-2H3. The summed E-state index contributed by atoms with van der Waals surface area (Å²) in [5.74, 6) is 0. The smallest absolute Gasteiger partial charge is 0.0678 e. The molecule has 21 heavy (non-hydrogen) atoms. The van der Waals surface area contributed by atoms with Crippen LogP contribution < -0.4 is 5.32 Å². The molecule has 2 unspecified atom stereocenters. The van der Waals surface area contributed by atoms with E-state index in [-0.39, 0.29) is 12.1 Å². The van der Waals surface area contributed by atoms with Gasteiger partial charge in [-0.3, -0.25) is 0 Å². The van der Waals surface area contributed by atoms with Gasteiger partial charge in [-0.05, 0) is 45.3 Å². The van der Waals surface area contributed by atoms with E-state index in [1.54, 1.807) is 0 Å². The SMILES string of the molecule is CNC(CO)(CCN1CCCCCC1C)c1ccccc1. The Balaban J connectivity index is 2.06. The molecule has 1 aliphatic heterocycles. The Bertz CT molecular complexity index is 403. The van der Waals surface area contributed by atoms with Crippen LogP contribution in [-0.2, 0) is 5.54 Å². The van der Waals surface area contributed by atoms with Crippen molar-refractivity contribution in [1.29, 1.82) is 0 Å². The van der Waals surface area contributed by atoms with Crippen LogP contribution in [-0.4, -0.2) is 42.8 Å². The molecule has 2 rings (SSSR count). The highest BCUT2D eigenvalue weighted by Gasteiger charge is 2.30. The lowest BCUT2D eigenvalue weighted by Crippen LogP contribution is -2.47. The number of likely N-dealkylation sites (N-methyl/N-ethyl adjacent to an activating group) is 1. The van der Waals surface area contributed by atoms with Gasteiger partial charge < -0.3 is 15.3 Å². The normalized spacial score (nSPS) is 23.5. The molecule has 1 aromatic rings. The molecule has 1 heterocycles. The van der Waals surface area contributed by atoms with Crippen LogP contribution in [0.25, 0.3) is 0 Å². The fourth-order valence-corrected chi connectivity index (χ4v) is 3.42. The first-order valence-electron chi connectivity index (χ1n) is 8.31. The van der Waals surface area contributed by atoms with E-state index in [1.807, 2.05) is 25.2 Å². The first kappa shape index (κ1) is 16.5. The van der Waals surface area contributed by atoms with Gasteiger partial charge in [0.05, 0.1) is 12.1 Å². The minimum Gasteiger partial charge on any atom is -0.394 e. The van der Waals surface area contributed by atoms with Crippen LogP contribution in [0.2, 0.25) is 0 Å². The minimum absolute atomic E-state index is 0.135. The van der Waals surface area contributed by atoms with Crippen molar-refractivity contribution in [1.82, 2.24) is 10.2 Å². The van der Waals surface area contributed by atoms with Gasteiger partial charge in [-0.2, -0.15) is 0 Å². The van der Waals surface area contributed by atoms with Crippen LogP contribution in [0.15, 0.2) is 30.3 Å². The van der Waals surface area contributed by atoms with E-state index in [1.165, 1.54) is 37.8 Å². The summed E-state index contributed by atoms with van der Waals surface area (Å²) in [6, 6.07) is 11.0. The number of likely N-dealkylation sites (tertiary alicyclic amines) is 1. The molecule has 0 aromatic heterocycles. The summed E-state index contributed by atoms with van der Waals surface area (Å²) < 4.78 is 0. The van der Waals surface area contributed by atoms with E-state index < -0.39 is 0 Å². The van der Waals surface area contributed by atoms with E-state index in [9.17, 15) is 5.11 Å². The molecule has 1 aromatic carbocycles. The first-order chi connectivity index (χ1) is 10.2. The predicted molar refractivity (Wildman–Crippen MR) is 88.4 cm³/mol. The second-order valence-corrected chi connectivity index (χ2v) is 6.34. The van der Waals surface area contributed by atoms with Crippen molar-refractivity contribution in [3.63, 3.8) is 0 Å². The Morgan fingerprint density at radius 1 is 1.24 bits per heavy atom. The molecular formula is C18H30N2O. The molecule has 2 N–H and O–H groups in total. The third-order valence-electron chi connectivity index (χ3n) is 5.09. The molecule has 0 spiro atoms. The van der Waals surface area contributed by atoms with E-state index in [4.69, 9.17) is 0 Å². The Hall–Kier alpha value is -0.900. The van der Waals surface area contributed by atoms with Gasteiger partial charge in [-0.1, -0.05) is 43.2 Å². The van der Waals surface area contributed by atoms with E-state index >= 15 is 0 Å². The summed E-state index contributed by atoms with van der Waals surface area (Å²) in [4.78, 5) is 2.59. The van der Waals surface area contributed by atoms with Crippen molar-refractivity contribution in [3.05, 3.63) is 35.9 Å². The number of aliphatic hydroxyl groups excluding tert-OH is 1. The summed E-state index contributed by atoms with van der Waals surface area (Å²) in [5, 5.41) is 13.4. The molecule has 0 saturated carbocycles. The van der Waals surface area contributed by atoms with Gasteiger partial charge in [0.1, 0.15) is 0 Å². The lowest BCUT2D eigenvalue weighted by Gasteiger charge is -2.36. The number of hydrogen-bond acceptors (Lipinski definition) is 3. The van der Waals surface area contributed by atoms with Gasteiger partial charge in [-0.15, -0.1) is 0 Å². The average molecular weight is 290 g/mol. The fraction of sp³-hybridized carbons (Fsp3) is 0.667. The number of benzene rings is 1. The highest BCUT2D eigenvalue weighted by atomic mass is 16.3. The largest absolute Gasteiger partial charge is 0.394 e. The average Bonchev–Trinajstić information content (AvgIpc) is 2.74. The Morgan fingerprint density at radius 3 is 2.67 bits per heavy atom. The minimum atomic E-state index is -0.326. The van der Waals surface area contributed by atoms with Crippen LogP contribution in [0.3, 0.4) is 0 Å². The molecule has 0 radical (unpaired) electrons. The van der Waals surface area contributed by atoms with Crippen molar-refractivity contribution >= 4 is 0 Å². The molecule has 1 fully saturated rings. The number of aliphatic hydroxyl groups is 1. The van der Waals surface area contributed by atoms with Crippen LogP contribution in [0.4, 0.5) is 0 Å². The monoisotopic (exact) mass is 290 g/mol. The first-order valence-corrected chi connectivity index (χ1v) is 8.31. The van der Waals surface area contributed by atoms with Crippen molar-refractivity contribution < 1.29 is 5.11 Å². The summed E-state index contributed by atoms with van der Waals surface area (Å²) in [7, 11) is 1.95. The second kappa shape index (κ2) is 7.92. The van der Waals surface area contributed by atoms with Gasteiger partial charge in [0.25, 0.3) is 0 Å². The fourth-order valence-electron chi connectivity index (χ4n) is 3.42. The Kier molecular flexibility index (Phi) is 6.22. The van der Waals surface area contributed by atoms with Crippen molar-refractivity contribution in [3.8, 4) is 0 Å². The summed E-state index contributed by atoms with van der Waals surface area (Å²) in [6.45, 7) is 4.71. The third kappa shape index (κ3) is 4.06. The lowest BCUT2D eigenvalue weighted by atomic mass is 9.87. The maximum absolute atomic E-state index is 10.00. The van der Waals surface area contributed by atoms with Gasteiger partial charge in [-0.25, -0.2) is 0 Å². The quantitative estimate of drug-likeness (QED) is 0.845. The highest BCUT2D eigenvalue weighted by Crippen LogP contribution is 2.26. The second-order valence-electron chi connectivity index (χ2n) is 6.34. The molecule has 1 saturated heterocycles. The molecule has 2 atom stereocenters. The number of nitrogens with one attached hydrogen (secondary N) is 1. The Labute approximate surface area is 129 Å². The molecule has 3 heteroatoms. The van der Waals surface area contributed by atoms with Crippen LogP contribution in [0.5, 0.6) is 0 Å². The van der Waals surface area contributed by atoms with Crippen LogP contribution >= 0.6 is 0 Å². The van der Waals surface area contributed by atoms with Gasteiger partial charge in [0.2, 0.25) is 0 Å². The third-order valence-corrected chi connectivity index (χ3v) is 5.09. The lowest BCUT2D eigenvalue weighted by molar-refractivity contribution is 0.126. The van der Waals surface area contributed by atoms with Crippen LogP contribution in [0.1, 0.15) is 44.6 Å².